The van der Waals surface area contributed by atoms with Crippen LogP contribution in [-0.2, 0) is 11.3 Å². The third kappa shape index (κ3) is 4.41. The molecule has 2 aliphatic heterocycles. The first-order chi connectivity index (χ1) is 10.4. The Morgan fingerprint density at radius 3 is 2.23 bits per heavy atom. The van der Waals surface area contributed by atoms with Gasteiger partial charge in [0.25, 0.3) is 0 Å². The van der Waals surface area contributed by atoms with Crippen molar-refractivity contribution >= 4 is 5.97 Å². The van der Waals surface area contributed by atoms with Crippen molar-refractivity contribution in [2.75, 3.05) is 13.1 Å². The lowest BCUT2D eigenvalue weighted by atomic mass is 10.1. The average molecular weight is 317 g/mol. The fraction of sp³-hybridized carbons (Fsp3) is 0.571. The topological polar surface area (TPSA) is 65.5 Å². The van der Waals surface area contributed by atoms with Gasteiger partial charge in [-0.05, 0) is 30.5 Å². The molecule has 1 aromatic heterocycles. The molecule has 22 heavy (non-hydrogen) atoms. The molecular weight excluding hydrogens is 299 g/mol. The van der Waals surface area contributed by atoms with Crippen molar-refractivity contribution in [3.8, 4) is 0 Å². The third-order valence-corrected chi connectivity index (χ3v) is 3.89. The Labute approximate surface area is 126 Å². The Hall–Kier alpha value is -1.67. The van der Waals surface area contributed by atoms with E-state index in [1.165, 1.54) is 31.5 Å². The second-order valence-corrected chi connectivity index (χ2v) is 5.37. The van der Waals surface area contributed by atoms with E-state index in [-0.39, 0.29) is 0 Å². The van der Waals surface area contributed by atoms with Crippen molar-refractivity contribution in [1.82, 2.24) is 15.2 Å². The molecule has 0 aromatic carbocycles. The number of pyridine rings is 1. The van der Waals surface area contributed by atoms with E-state index in [1.54, 1.807) is 0 Å². The molecule has 2 fully saturated rings. The van der Waals surface area contributed by atoms with E-state index < -0.39 is 12.1 Å². The number of alkyl halides is 3. The molecule has 2 aliphatic rings. The zero-order valence-electron chi connectivity index (χ0n) is 11.9. The van der Waals surface area contributed by atoms with Gasteiger partial charge < -0.3 is 10.4 Å². The van der Waals surface area contributed by atoms with Gasteiger partial charge >= 0.3 is 12.1 Å². The lowest BCUT2D eigenvalue weighted by Gasteiger charge is -2.35. The first-order valence-electron chi connectivity index (χ1n) is 7.03. The summed E-state index contributed by atoms with van der Waals surface area (Å²) in [7, 11) is 0. The van der Waals surface area contributed by atoms with Gasteiger partial charge in [-0.25, -0.2) is 4.79 Å². The predicted octanol–water partition coefficient (Wildman–Crippen LogP) is 1.65. The average Bonchev–Trinajstić information content (AvgIpc) is 2.70. The van der Waals surface area contributed by atoms with Crippen molar-refractivity contribution in [3.63, 3.8) is 0 Å². The van der Waals surface area contributed by atoms with E-state index in [0.29, 0.717) is 0 Å². The third-order valence-electron chi connectivity index (χ3n) is 3.89. The zero-order chi connectivity index (χ0) is 16.2. The van der Waals surface area contributed by atoms with Crippen LogP contribution in [0.2, 0.25) is 0 Å². The Balaban J connectivity index is 0.000000217. The Morgan fingerprint density at radius 2 is 1.77 bits per heavy atom. The van der Waals surface area contributed by atoms with Gasteiger partial charge in [0, 0.05) is 44.1 Å². The number of carbonyl (C=O) groups is 1. The summed E-state index contributed by atoms with van der Waals surface area (Å²) in [5, 5.41) is 10.6. The minimum Gasteiger partial charge on any atom is -0.475 e. The molecule has 3 heterocycles. The van der Waals surface area contributed by atoms with Crippen LogP contribution in [-0.4, -0.2) is 52.3 Å². The normalized spacial score (nSPS) is 24.5. The molecule has 2 bridgehead atoms. The zero-order valence-corrected chi connectivity index (χ0v) is 11.9. The number of piperazine rings is 1. The fourth-order valence-corrected chi connectivity index (χ4v) is 2.83. The van der Waals surface area contributed by atoms with Crippen LogP contribution < -0.4 is 5.32 Å². The van der Waals surface area contributed by atoms with Crippen LogP contribution in [0.1, 0.15) is 18.4 Å². The van der Waals surface area contributed by atoms with Crippen molar-refractivity contribution in [2.45, 2.75) is 37.6 Å². The number of rotatable bonds is 2. The van der Waals surface area contributed by atoms with Crippen molar-refractivity contribution in [1.29, 1.82) is 0 Å². The summed E-state index contributed by atoms with van der Waals surface area (Å²) in [6.45, 7) is 3.43. The van der Waals surface area contributed by atoms with Gasteiger partial charge in [0.15, 0.2) is 0 Å². The van der Waals surface area contributed by atoms with Crippen molar-refractivity contribution in [3.05, 3.63) is 30.1 Å². The van der Waals surface area contributed by atoms with Gasteiger partial charge in [-0.1, -0.05) is 0 Å². The van der Waals surface area contributed by atoms with Gasteiger partial charge in [0.05, 0.1) is 0 Å². The minimum atomic E-state index is -5.08. The van der Waals surface area contributed by atoms with E-state index in [4.69, 9.17) is 9.90 Å². The highest BCUT2D eigenvalue weighted by Gasteiger charge is 2.38. The number of aliphatic carboxylic acids is 1. The monoisotopic (exact) mass is 317 g/mol. The molecule has 0 aliphatic carbocycles. The van der Waals surface area contributed by atoms with Gasteiger partial charge in [0.1, 0.15) is 0 Å². The van der Waals surface area contributed by atoms with Gasteiger partial charge in [-0.2, -0.15) is 13.2 Å². The highest BCUT2D eigenvalue weighted by atomic mass is 19.4. The number of halogens is 3. The van der Waals surface area contributed by atoms with Crippen LogP contribution in [0, 0.1) is 0 Å². The number of nitrogens with one attached hydrogen (secondary N) is 1. The fourth-order valence-electron chi connectivity index (χ4n) is 2.83. The van der Waals surface area contributed by atoms with Gasteiger partial charge in [-0.15, -0.1) is 0 Å². The molecule has 0 radical (unpaired) electrons. The summed E-state index contributed by atoms with van der Waals surface area (Å²) in [6.07, 6.45) is 1.42. The number of nitrogens with zero attached hydrogens (tertiary/aromatic N) is 2. The van der Waals surface area contributed by atoms with E-state index in [9.17, 15) is 13.2 Å². The lowest BCUT2D eigenvalue weighted by molar-refractivity contribution is -0.192. The molecular formula is C14H18F3N3O2. The van der Waals surface area contributed by atoms with E-state index >= 15 is 0 Å². The van der Waals surface area contributed by atoms with Crippen LogP contribution >= 0.6 is 0 Å². The van der Waals surface area contributed by atoms with Crippen LogP contribution in [0.5, 0.6) is 0 Å². The quantitative estimate of drug-likeness (QED) is 0.868. The van der Waals surface area contributed by atoms with Crippen LogP contribution in [0.25, 0.3) is 0 Å². The molecule has 5 nitrogen and oxygen atoms in total. The molecule has 2 N–H and O–H groups in total. The molecule has 3 rings (SSSR count). The molecule has 122 valence electrons. The minimum absolute atomic E-state index is 0.761. The highest BCUT2D eigenvalue weighted by molar-refractivity contribution is 5.73. The molecule has 8 heteroatoms. The van der Waals surface area contributed by atoms with Crippen LogP contribution in [0.3, 0.4) is 0 Å². The molecule has 1 aromatic rings. The van der Waals surface area contributed by atoms with E-state index in [2.05, 4.69) is 27.3 Å². The van der Waals surface area contributed by atoms with Gasteiger partial charge in [0.2, 0.25) is 0 Å². The van der Waals surface area contributed by atoms with Crippen molar-refractivity contribution in [2.24, 2.45) is 0 Å². The molecule has 2 unspecified atom stereocenters. The van der Waals surface area contributed by atoms with Crippen LogP contribution in [0.4, 0.5) is 13.2 Å². The molecule has 0 saturated carbocycles. The summed E-state index contributed by atoms with van der Waals surface area (Å²) in [5.74, 6) is -2.76. The maximum atomic E-state index is 10.6. The first kappa shape index (κ1) is 16.7. The summed E-state index contributed by atoms with van der Waals surface area (Å²) < 4.78 is 31.7. The van der Waals surface area contributed by atoms with Gasteiger partial charge in [-0.3, -0.25) is 9.88 Å². The van der Waals surface area contributed by atoms with E-state index in [1.807, 2.05) is 12.4 Å². The number of fused-ring (bicyclic) bond motifs is 2. The Morgan fingerprint density at radius 1 is 1.27 bits per heavy atom. The number of carboxylic acid groups (broad SMARTS) is 1. The lowest BCUT2D eigenvalue weighted by Crippen LogP contribution is -2.51. The maximum Gasteiger partial charge on any atom is 0.490 e. The summed E-state index contributed by atoms with van der Waals surface area (Å²) in [5.41, 5.74) is 1.39. The number of hydrogen-bond acceptors (Lipinski definition) is 4. The Bertz CT molecular complexity index is 480. The smallest absolute Gasteiger partial charge is 0.475 e. The number of aromatic nitrogens is 1. The van der Waals surface area contributed by atoms with E-state index in [0.717, 1.165) is 18.6 Å². The second-order valence-electron chi connectivity index (χ2n) is 5.37. The molecule has 2 saturated heterocycles. The molecule has 0 spiro atoms. The predicted molar refractivity (Wildman–Crippen MR) is 73.2 cm³/mol. The largest absolute Gasteiger partial charge is 0.490 e. The second kappa shape index (κ2) is 7.06. The summed E-state index contributed by atoms with van der Waals surface area (Å²) in [4.78, 5) is 15.6. The standard InChI is InChI=1S/C12H17N3.C2HF3O2/c1-2-12-8-14-7-11(1)15(12)9-10-3-5-13-6-4-10;3-2(4,5)1(6)7/h3-6,11-12,14H,1-2,7-9H2;(H,6,7). The van der Waals surface area contributed by atoms with Crippen molar-refractivity contribution < 1.29 is 23.1 Å². The number of hydrogen-bond donors (Lipinski definition) is 2. The summed E-state index contributed by atoms with van der Waals surface area (Å²) in [6, 6.07) is 5.77. The summed E-state index contributed by atoms with van der Waals surface area (Å²) >= 11 is 0. The SMILES string of the molecule is O=C(O)C(F)(F)F.c1cc(CN2C3CCC2CNC3)ccn1. The first-order valence-corrected chi connectivity index (χ1v) is 7.03. The molecule has 2 atom stereocenters. The Kier molecular flexibility index (Phi) is 5.36. The maximum absolute atomic E-state index is 10.6. The number of carboxylic acids is 1. The van der Waals surface area contributed by atoms with Crippen LogP contribution in [0.15, 0.2) is 24.5 Å². The molecule has 0 amide bonds. The highest BCUT2D eigenvalue weighted by Crippen LogP contribution is 2.27.